The van der Waals surface area contributed by atoms with Crippen LogP contribution >= 0.6 is 11.6 Å². The summed E-state index contributed by atoms with van der Waals surface area (Å²) in [6.07, 6.45) is 1.99. The fourth-order valence-corrected chi connectivity index (χ4v) is 1.23. The molecule has 0 spiro atoms. The van der Waals surface area contributed by atoms with Gasteiger partial charge < -0.3 is 4.90 Å². The largest absolute Gasteiger partial charge is 0.348 e. The minimum atomic E-state index is -2.40. The lowest BCUT2D eigenvalue weighted by Crippen LogP contribution is -2.31. The molecule has 78 valence electrons. The van der Waals surface area contributed by atoms with Crippen LogP contribution in [-0.4, -0.2) is 35.4 Å². The van der Waals surface area contributed by atoms with E-state index in [0.29, 0.717) is 12.4 Å². The average molecular weight is 222 g/mol. The van der Waals surface area contributed by atoms with Crippen molar-refractivity contribution in [1.82, 2.24) is 9.97 Å². The van der Waals surface area contributed by atoms with Crippen molar-refractivity contribution in [3.05, 3.63) is 18.6 Å². The highest BCUT2D eigenvalue weighted by Gasteiger charge is 2.12. The van der Waals surface area contributed by atoms with E-state index in [2.05, 4.69) is 9.97 Å². The molecule has 0 aliphatic heterocycles. The summed E-state index contributed by atoms with van der Waals surface area (Å²) in [4.78, 5) is 9.13. The van der Waals surface area contributed by atoms with Crippen molar-refractivity contribution in [1.29, 1.82) is 0 Å². The minimum absolute atomic E-state index is 0.281. The van der Waals surface area contributed by atoms with Gasteiger partial charge in [0.1, 0.15) is 5.82 Å². The predicted octanol–water partition coefficient (Wildman–Crippen LogP) is 1.79. The quantitative estimate of drug-likeness (QED) is 0.710. The van der Waals surface area contributed by atoms with Crippen molar-refractivity contribution in [3.8, 4) is 0 Å². The van der Waals surface area contributed by atoms with Crippen molar-refractivity contribution in [2.24, 2.45) is 0 Å². The molecule has 0 atom stereocenters. The maximum atomic E-state index is 12.2. The molecule has 1 aromatic heterocycles. The highest BCUT2D eigenvalue weighted by molar-refractivity contribution is 6.18. The van der Waals surface area contributed by atoms with Gasteiger partial charge in [-0.1, -0.05) is 0 Å². The molecule has 6 heteroatoms. The van der Waals surface area contributed by atoms with Crippen LogP contribution in [0.4, 0.5) is 14.6 Å². The van der Waals surface area contributed by atoms with Crippen LogP contribution < -0.4 is 4.90 Å². The van der Waals surface area contributed by atoms with Crippen molar-refractivity contribution in [3.63, 3.8) is 0 Å². The highest BCUT2D eigenvalue weighted by atomic mass is 35.5. The van der Waals surface area contributed by atoms with Gasteiger partial charge >= 0.3 is 0 Å². The summed E-state index contributed by atoms with van der Waals surface area (Å²) < 4.78 is 24.3. The lowest BCUT2D eigenvalue weighted by molar-refractivity contribution is 0.155. The highest BCUT2D eigenvalue weighted by Crippen LogP contribution is 2.09. The van der Waals surface area contributed by atoms with Crippen LogP contribution in [0.1, 0.15) is 0 Å². The van der Waals surface area contributed by atoms with Crippen LogP contribution in [0.15, 0.2) is 18.6 Å². The summed E-state index contributed by atoms with van der Waals surface area (Å²) in [5.74, 6) is 0.706. The first-order valence-corrected chi connectivity index (χ1v) is 4.62. The maximum Gasteiger partial charge on any atom is 0.255 e. The number of alkyl halides is 3. The Morgan fingerprint density at radius 3 is 2.71 bits per heavy atom. The molecular formula is C8H10ClF2N3. The van der Waals surface area contributed by atoms with E-state index in [1.165, 1.54) is 23.5 Å². The number of aromatic nitrogens is 2. The lowest BCUT2D eigenvalue weighted by atomic mass is 10.4. The van der Waals surface area contributed by atoms with Crippen molar-refractivity contribution >= 4 is 17.4 Å². The Hall–Kier alpha value is -0.970. The second-order valence-electron chi connectivity index (χ2n) is 2.59. The van der Waals surface area contributed by atoms with Crippen LogP contribution in [-0.2, 0) is 0 Å². The summed E-state index contributed by atoms with van der Waals surface area (Å²) in [7, 11) is 0. The number of halogens is 3. The van der Waals surface area contributed by atoms with Crippen molar-refractivity contribution in [2.45, 2.75) is 6.43 Å². The number of rotatable bonds is 5. The molecule has 0 fully saturated rings. The van der Waals surface area contributed by atoms with E-state index in [1.54, 1.807) is 0 Å². The van der Waals surface area contributed by atoms with Gasteiger partial charge in [-0.05, 0) is 0 Å². The SMILES string of the molecule is FC(F)CN(CCCl)c1cnccn1. The molecule has 0 unspecified atom stereocenters. The smallest absolute Gasteiger partial charge is 0.255 e. The fraction of sp³-hybridized carbons (Fsp3) is 0.500. The number of hydrogen-bond donors (Lipinski definition) is 0. The molecule has 0 N–H and O–H groups in total. The average Bonchev–Trinajstić information content (AvgIpc) is 2.18. The Labute approximate surface area is 85.7 Å². The van der Waals surface area contributed by atoms with Crippen LogP contribution in [0.3, 0.4) is 0 Å². The van der Waals surface area contributed by atoms with Crippen LogP contribution in [0.2, 0.25) is 0 Å². The molecule has 14 heavy (non-hydrogen) atoms. The van der Waals surface area contributed by atoms with Crippen LogP contribution in [0.5, 0.6) is 0 Å². The van der Waals surface area contributed by atoms with E-state index in [-0.39, 0.29) is 12.4 Å². The van der Waals surface area contributed by atoms with Gasteiger partial charge in [0.2, 0.25) is 0 Å². The Morgan fingerprint density at radius 2 is 2.21 bits per heavy atom. The van der Waals surface area contributed by atoms with E-state index in [0.717, 1.165) is 0 Å². The Kier molecular flexibility index (Phi) is 4.52. The standard InChI is InChI=1S/C8H10ClF2N3/c9-1-4-14(6-7(10)11)8-5-12-2-3-13-8/h2-3,5,7H,1,4,6H2. The number of hydrogen-bond acceptors (Lipinski definition) is 3. The summed E-state index contributed by atoms with van der Waals surface area (Å²) >= 11 is 5.49. The topological polar surface area (TPSA) is 29.0 Å². The molecule has 1 heterocycles. The Balaban J connectivity index is 2.67. The van der Waals surface area contributed by atoms with Gasteiger partial charge in [0, 0.05) is 24.8 Å². The molecule has 0 aromatic carbocycles. The monoisotopic (exact) mass is 221 g/mol. The third kappa shape index (κ3) is 3.41. The fourth-order valence-electron chi connectivity index (χ4n) is 1.02. The zero-order valence-electron chi connectivity index (χ0n) is 7.41. The van der Waals surface area contributed by atoms with Gasteiger partial charge in [-0.2, -0.15) is 0 Å². The summed E-state index contributed by atoms with van der Waals surface area (Å²) in [5.41, 5.74) is 0. The van der Waals surface area contributed by atoms with E-state index in [1.807, 2.05) is 0 Å². The van der Waals surface area contributed by atoms with Crippen LogP contribution in [0, 0.1) is 0 Å². The number of anilines is 1. The summed E-state index contributed by atoms with van der Waals surface area (Å²) in [6, 6.07) is 0. The molecule has 0 bridgehead atoms. The molecule has 1 aromatic rings. The molecule has 1 rings (SSSR count). The second-order valence-corrected chi connectivity index (χ2v) is 2.97. The first kappa shape index (κ1) is 11.1. The van der Waals surface area contributed by atoms with Gasteiger partial charge in [-0.25, -0.2) is 13.8 Å². The van der Waals surface area contributed by atoms with Gasteiger partial charge in [0.25, 0.3) is 6.43 Å². The Morgan fingerprint density at radius 1 is 1.43 bits per heavy atom. The third-order valence-corrected chi connectivity index (χ3v) is 1.76. The first-order chi connectivity index (χ1) is 6.74. The maximum absolute atomic E-state index is 12.2. The molecule has 0 saturated carbocycles. The molecule has 0 radical (unpaired) electrons. The second kappa shape index (κ2) is 5.70. The molecule has 0 amide bonds. The normalized spacial score (nSPS) is 10.6. The van der Waals surface area contributed by atoms with Gasteiger partial charge in [0.05, 0.1) is 12.7 Å². The zero-order chi connectivity index (χ0) is 10.4. The minimum Gasteiger partial charge on any atom is -0.348 e. The van der Waals surface area contributed by atoms with Crippen molar-refractivity contribution in [2.75, 3.05) is 23.9 Å². The third-order valence-electron chi connectivity index (χ3n) is 1.59. The molecule has 3 nitrogen and oxygen atoms in total. The summed E-state index contributed by atoms with van der Waals surface area (Å²) in [5, 5.41) is 0. The predicted molar refractivity (Wildman–Crippen MR) is 51.0 cm³/mol. The van der Waals surface area contributed by atoms with E-state index in [9.17, 15) is 8.78 Å². The van der Waals surface area contributed by atoms with Gasteiger partial charge in [0.15, 0.2) is 0 Å². The molecule has 0 aliphatic carbocycles. The first-order valence-electron chi connectivity index (χ1n) is 4.09. The molecular weight excluding hydrogens is 212 g/mol. The summed E-state index contributed by atoms with van der Waals surface area (Å²) in [6.45, 7) is -0.0317. The Bertz CT molecular complexity index is 258. The van der Waals surface area contributed by atoms with E-state index >= 15 is 0 Å². The van der Waals surface area contributed by atoms with Gasteiger partial charge in [-0.3, -0.25) is 4.98 Å². The van der Waals surface area contributed by atoms with Crippen molar-refractivity contribution < 1.29 is 8.78 Å². The number of nitrogens with zero attached hydrogens (tertiary/aromatic N) is 3. The lowest BCUT2D eigenvalue weighted by Gasteiger charge is -2.21. The molecule has 0 aliphatic rings. The van der Waals surface area contributed by atoms with E-state index < -0.39 is 6.43 Å². The molecule has 0 saturated heterocycles. The van der Waals surface area contributed by atoms with Gasteiger partial charge in [-0.15, -0.1) is 11.6 Å². The van der Waals surface area contributed by atoms with E-state index in [4.69, 9.17) is 11.6 Å². The zero-order valence-corrected chi connectivity index (χ0v) is 8.16. The van der Waals surface area contributed by atoms with Crippen LogP contribution in [0.25, 0.3) is 0 Å².